The number of carbonyl (C=O) groups is 2. The molecule has 0 fully saturated rings. The van der Waals surface area contributed by atoms with E-state index in [2.05, 4.69) is 0 Å². The topological polar surface area (TPSA) is 57.6 Å². The fraction of sp³-hybridized carbons (Fsp3) is 0.273. The maximum absolute atomic E-state index is 12.9. The van der Waals surface area contributed by atoms with Gasteiger partial charge in [-0.2, -0.15) is 0 Å². The standard InChI is InChI=1S/C11H11ClFNO3/c1-14(6-11(16)17)10(15)5-7-2-3-9(13)8(12)4-7/h2-4H,5-6H2,1H3,(H,16,17). The minimum atomic E-state index is -1.09. The van der Waals surface area contributed by atoms with Crippen molar-refractivity contribution in [3.05, 3.63) is 34.6 Å². The first-order valence-electron chi connectivity index (χ1n) is 4.80. The molecule has 0 atom stereocenters. The molecule has 0 unspecified atom stereocenters. The van der Waals surface area contributed by atoms with E-state index >= 15 is 0 Å². The Bertz CT molecular complexity index is 450. The second kappa shape index (κ2) is 5.63. The van der Waals surface area contributed by atoms with Crippen molar-refractivity contribution >= 4 is 23.5 Å². The molecule has 0 heterocycles. The molecule has 0 bridgehead atoms. The van der Waals surface area contributed by atoms with Gasteiger partial charge in [0.2, 0.25) is 5.91 Å². The number of nitrogens with zero attached hydrogens (tertiary/aromatic N) is 1. The third kappa shape index (κ3) is 4.03. The number of rotatable bonds is 4. The van der Waals surface area contributed by atoms with Crippen molar-refractivity contribution in [3.8, 4) is 0 Å². The molecule has 0 aliphatic rings. The van der Waals surface area contributed by atoms with Crippen molar-refractivity contribution in [2.75, 3.05) is 13.6 Å². The van der Waals surface area contributed by atoms with Gasteiger partial charge in [-0.1, -0.05) is 17.7 Å². The van der Waals surface area contributed by atoms with Gasteiger partial charge in [-0.25, -0.2) is 4.39 Å². The SMILES string of the molecule is CN(CC(=O)O)C(=O)Cc1ccc(F)c(Cl)c1. The molecule has 0 saturated carbocycles. The van der Waals surface area contributed by atoms with Crippen LogP contribution in [0.15, 0.2) is 18.2 Å². The van der Waals surface area contributed by atoms with Gasteiger partial charge in [0.25, 0.3) is 0 Å². The molecular weight excluding hydrogens is 249 g/mol. The Morgan fingerprint density at radius 2 is 2.12 bits per heavy atom. The van der Waals surface area contributed by atoms with E-state index in [1.54, 1.807) is 0 Å². The van der Waals surface area contributed by atoms with E-state index in [1.807, 2.05) is 0 Å². The molecule has 1 aromatic carbocycles. The summed E-state index contributed by atoms with van der Waals surface area (Å²) in [6.45, 7) is -0.367. The summed E-state index contributed by atoms with van der Waals surface area (Å²) < 4.78 is 12.9. The maximum atomic E-state index is 12.9. The molecule has 92 valence electrons. The Morgan fingerprint density at radius 1 is 1.47 bits per heavy atom. The normalized spacial score (nSPS) is 10.1. The van der Waals surface area contributed by atoms with E-state index in [9.17, 15) is 14.0 Å². The average molecular weight is 260 g/mol. The fourth-order valence-electron chi connectivity index (χ4n) is 1.25. The molecule has 4 nitrogen and oxygen atoms in total. The number of carboxylic acid groups (broad SMARTS) is 1. The Kier molecular flexibility index (Phi) is 4.45. The van der Waals surface area contributed by atoms with E-state index in [-0.39, 0.29) is 23.9 Å². The van der Waals surface area contributed by atoms with E-state index < -0.39 is 11.8 Å². The summed E-state index contributed by atoms with van der Waals surface area (Å²) in [5, 5.41) is 8.46. The highest BCUT2D eigenvalue weighted by Gasteiger charge is 2.13. The molecule has 1 aromatic rings. The third-order valence-corrected chi connectivity index (χ3v) is 2.43. The van der Waals surface area contributed by atoms with Gasteiger partial charge in [0.1, 0.15) is 12.4 Å². The third-order valence-electron chi connectivity index (χ3n) is 2.14. The number of likely N-dealkylation sites (N-methyl/N-ethyl adjacent to an activating group) is 1. The quantitative estimate of drug-likeness (QED) is 0.893. The smallest absolute Gasteiger partial charge is 0.323 e. The predicted octanol–water partition coefficient (Wildman–Crippen LogP) is 1.56. The van der Waals surface area contributed by atoms with Gasteiger partial charge < -0.3 is 10.0 Å². The Hall–Kier alpha value is -1.62. The highest BCUT2D eigenvalue weighted by atomic mass is 35.5. The number of carboxylic acids is 1. The summed E-state index contributed by atoms with van der Waals surface area (Å²) in [5.41, 5.74) is 0.540. The number of hydrogen-bond donors (Lipinski definition) is 1. The first-order chi connectivity index (χ1) is 7.90. The summed E-state index contributed by atoms with van der Waals surface area (Å²) in [4.78, 5) is 23.1. The van der Waals surface area contributed by atoms with Gasteiger partial charge in [0.05, 0.1) is 11.4 Å². The van der Waals surface area contributed by atoms with Gasteiger partial charge in [0.15, 0.2) is 0 Å². The number of carbonyl (C=O) groups excluding carboxylic acids is 1. The summed E-state index contributed by atoms with van der Waals surface area (Å²) in [6.07, 6.45) is -0.0101. The van der Waals surface area contributed by atoms with Crippen molar-refractivity contribution in [1.82, 2.24) is 4.90 Å². The van der Waals surface area contributed by atoms with Gasteiger partial charge in [-0.15, -0.1) is 0 Å². The van der Waals surface area contributed by atoms with Gasteiger partial charge in [0, 0.05) is 7.05 Å². The largest absolute Gasteiger partial charge is 0.480 e. The first-order valence-corrected chi connectivity index (χ1v) is 5.17. The van der Waals surface area contributed by atoms with Crippen LogP contribution in [0.1, 0.15) is 5.56 Å². The van der Waals surface area contributed by atoms with Crippen LogP contribution in [-0.4, -0.2) is 35.5 Å². The van der Waals surface area contributed by atoms with E-state index in [4.69, 9.17) is 16.7 Å². The molecule has 1 amide bonds. The molecule has 0 saturated heterocycles. The molecule has 1 rings (SSSR count). The minimum absolute atomic E-state index is 0.0101. The molecule has 0 aromatic heterocycles. The van der Waals surface area contributed by atoms with Gasteiger partial charge in [-0.3, -0.25) is 9.59 Å². The van der Waals surface area contributed by atoms with Crippen molar-refractivity contribution in [2.24, 2.45) is 0 Å². The number of hydrogen-bond acceptors (Lipinski definition) is 2. The summed E-state index contributed by atoms with van der Waals surface area (Å²) in [7, 11) is 1.39. The van der Waals surface area contributed by atoms with Crippen LogP contribution < -0.4 is 0 Å². The zero-order chi connectivity index (χ0) is 13.0. The van der Waals surface area contributed by atoms with Crippen LogP contribution in [0.25, 0.3) is 0 Å². The van der Waals surface area contributed by atoms with Crippen LogP contribution in [-0.2, 0) is 16.0 Å². The molecular formula is C11H11ClFNO3. The van der Waals surface area contributed by atoms with Crippen molar-refractivity contribution in [1.29, 1.82) is 0 Å². The zero-order valence-electron chi connectivity index (χ0n) is 9.11. The summed E-state index contributed by atoms with van der Waals surface area (Å²) >= 11 is 5.57. The zero-order valence-corrected chi connectivity index (χ0v) is 9.87. The van der Waals surface area contributed by atoms with Crippen LogP contribution in [0.2, 0.25) is 5.02 Å². The average Bonchev–Trinajstić information content (AvgIpc) is 2.22. The molecule has 0 aliphatic heterocycles. The van der Waals surface area contributed by atoms with Crippen LogP contribution in [0, 0.1) is 5.82 Å². The molecule has 0 spiro atoms. The maximum Gasteiger partial charge on any atom is 0.323 e. The lowest BCUT2D eigenvalue weighted by molar-refractivity contribution is -0.143. The Labute approximate surface area is 103 Å². The number of amides is 1. The summed E-state index contributed by atoms with van der Waals surface area (Å²) in [6, 6.07) is 3.96. The van der Waals surface area contributed by atoms with Gasteiger partial charge in [-0.05, 0) is 17.7 Å². The molecule has 0 aliphatic carbocycles. The number of aliphatic carboxylic acids is 1. The fourth-order valence-corrected chi connectivity index (χ4v) is 1.45. The van der Waals surface area contributed by atoms with Gasteiger partial charge >= 0.3 is 5.97 Å². The lowest BCUT2D eigenvalue weighted by Gasteiger charge is -2.14. The second-order valence-corrected chi connectivity index (χ2v) is 3.98. The Balaban J connectivity index is 2.67. The van der Waals surface area contributed by atoms with Crippen LogP contribution in [0.4, 0.5) is 4.39 Å². The van der Waals surface area contributed by atoms with Crippen molar-refractivity contribution in [2.45, 2.75) is 6.42 Å². The van der Waals surface area contributed by atoms with Crippen molar-refractivity contribution in [3.63, 3.8) is 0 Å². The molecule has 6 heteroatoms. The Morgan fingerprint density at radius 3 is 2.65 bits per heavy atom. The molecule has 1 N–H and O–H groups in total. The van der Waals surface area contributed by atoms with Crippen LogP contribution >= 0.6 is 11.6 Å². The van der Waals surface area contributed by atoms with Crippen molar-refractivity contribution < 1.29 is 19.1 Å². The first kappa shape index (κ1) is 13.4. The highest BCUT2D eigenvalue weighted by molar-refractivity contribution is 6.30. The summed E-state index contributed by atoms with van der Waals surface area (Å²) in [5.74, 6) is -2.00. The second-order valence-electron chi connectivity index (χ2n) is 3.57. The molecule has 17 heavy (non-hydrogen) atoms. The number of halogens is 2. The number of benzene rings is 1. The van der Waals surface area contributed by atoms with Crippen LogP contribution in [0.3, 0.4) is 0 Å². The predicted molar refractivity (Wildman–Crippen MR) is 60.4 cm³/mol. The lowest BCUT2D eigenvalue weighted by atomic mass is 10.1. The minimum Gasteiger partial charge on any atom is -0.480 e. The van der Waals surface area contributed by atoms with E-state index in [0.717, 1.165) is 4.90 Å². The highest BCUT2D eigenvalue weighted by Crippen LogP contribution is 2.16. The monoisotopic (exact) mass is 259 g/mol. The van der Waals surface area contributed by atoms with E-state index in [1.165, 1.54) is 25.2 Å². The van der Waals surface area contributed by atoms with E-state index in [0.29, 0.717) is 5.56 Å². The van der Waals surface area contributed by atoms with Crippen LogP contribution in [0.5, 0.6) is 0 Å². The molecule has 0 radical (unpaired) electrons. The lowest BCUT2D eigenvalue weighted by Crippen LogP contribution is -2.33.